The van der Waals surface area contributed by atoms with Gasteiger partial charge in [0.1, 0.15) is 0 Å². The first-order valence-electron chi connectivity index (χ1n) is 8.10. The van der Waals surface area contributed by atoms with Crippen LogP contribution in [-0.4, -0.2) is 24.5 Å². The lowest BCUT2D eigenvalue weighted by molar-refractivity contribution is 0.269. The fourth-order valence-electron chi connectivity index (χ4n) is 2.70. The second-order valence-electron chi connectivity index (χ2n) is 5.57. The van der Waals surface area contributed by atoms with Crippen LogP contribution in [0.3, 0.4) is 0 Å². The van der Waals surface area contributed by atoms with Crippen LogP contribution in [0.15, 0.2) is 23.8 Å². The quantitative estimate of drug-likeness (QED) is 0.340. The van der Waals surface area contributed by atoms with Crippen molar-refractivity contribution in [3.8, 4) is 11.6 Å². The summed E-state index contributed by atoms with van der Waals surface area (Å²) in [6.07, 6.45) is 14.4. The standard InChI is InChI=1S/C18H30NP/c1-3-13-19(14-4-2)15-6-5-7-17-8-10-18(11-9-17)12-16-20/h8-10,18H,3-7,11,13-15,20H2,1-2H3. The van der Waals surface area contributed by atoms with Gasteiger partial charge in [-0.2, -0.15) is 0 Å². The first-order chi connectivity index (χ1) is 9.80. The Morgan fingerprint density at radius 3 is 2.50 bits per heavy atom. The van der Waals surface area contributed by atoms with E-state index in [1.165, 1.54) is 57.3 Å². The lowest BCUT2D eigenvalue weighted by atomic mass is 9.95. The molecule has 20 heavy (non-hydrogen) atoms. The maximum atomic E-state index is 3.19. The molecule has 0 fully saturated rings. The van der Waals surface area contributed by atoms with Crippen LogP contribution in [0.2, 0.25) is 0 Å². The number of hydrogen-bond acceptors (Lipinski definition) is 1. The molecule has 0 N–H and O–H groups in total. The van der Waals surface area contributed by atoms with E-state index in [-0.39, 0.29) is 0 Å². The van der Waals surface area contributed by atoms with E-state index >= 15 is 0 Å². The van der Waals surface area contributed by atoms with Crippen molar-refractivity contribution in [3.05, 3.63) is 23.8 Å². The molecule has 2 atom stereocenters. The fraction of sp³-hybridized carbons (Fsp3) is 0.667. The second kappa shape index (κ2) is 11.1. The van der Waals surface area contributed by atoms with Crippen molar-refractivity contribution >= 4 is 9.24 Å². The molecule has 0 saturated carbocycles. The SMILES string of the molecule is CCCN(CCC)CCCCC1=CCC(C#CP)C=C1. The summed E-state index contributed by atoms with van der Waals surface area (Å²) in [5.41, 5.74) is 4.43. The summed E-state index contributed by atoms with van der Waals surface area (Å²) in [4.78, 5) is 2.61. The molecular weight excluding hydrogens is 261 g/mol. The Kier molecular flexibility index (Phi) is 9.73. The smallest absolute Gasteiger partial charge is 0.0423 e. The first-order valence-corrected chi connectivity index (χ1v) is 8.68. The molecule has 112 valence electrons. The van der Waals surface area contributed by atoms with Crippen molar-refractivity contribution in [3.63, 3.8) is 0 Å². The average molecular weight is 291 g/mol. The molecule has 0 saturated heterocycles. The Morgan fingerprint density at radius 1 is 1.20 bits per heavy atom. The van der Waals surface area contributed by atoms with Gasteiger partial charge in [0.05, 0.1) is 0 Å². The molecule has 0 aliphatic heterocycles. The molecule has 2 heteroatoms. The zero-order valence-electron chi connectivity index (χ0n) is 13.2. The van der Waals surface area contributed by atoms with Gasteiger partial charge in [-0.05, 0) is 58.2 Å². The number of nitrogens with zero attached hydrogens (tertiary/aromatic N) is 1. The van der Waals surface area contributed by atoms with Gasteiger partial charge >= 0.3 is 0 Å². The second-order valence-corrected chi connectivity index (χ2v) is 5.86. The highest BCUT2D eigenvalue weighted by molar-refractivity contribution is 7.23. The minimum absolute atomic E-state index is 0.431. The van der Waals surface area contributed by atoms with Crippen molar-refractivity contribution < 1.29 is 0 Å². The summed E-state index contributed by atoms with van der Waals surface area (Å²) in [6, 6.07) is 0. The molecular formula is C18H30NP. The Balaban J connectivity index is 2.18. The van der Waals surface area contributed by atoms with E-state index in [0.717, 1.165) is 6.42 Å². The van der Waals surface area contributed by atoms with Gasteiger partial charge in [0.2, 0.25) is 0 Å². The predicted octanol–water partition coefficient (Wildman–Crippen LogP) is 4.62. The summed E-state index contributed by atoms with van der Waals surface area (Å²) in [5.74, 6) is 3.62. The van der Waals surface area contributed by atoms with Gasteiger partial charge in [0, 0.05) is 5.92 Å². The molecule has 0 aromatic carbocycles. The molecule has 0 bridgehead atoms. The van der Waals surface area contributed by atoms with E-state index in [0.29, 0.717) is 5.92 Å². The van der Waals surface area contributed by atoms with Crippen molar-refractivity contribution in [2.45, 2.75) is 52.4 Å². The first kappa shape index (κ1) is 17.5. The Morgan fingerprint density at radius 2 is 1.95 bits per heavy atom. The highest BCUT2D eigenvalue weighted by Gasteiger charge is 2.06. The molecule has 1 aliphatic rings. The Hall–Kier alpha value is -0.570. The number of allylic oxidation sites excluding steroid dienone is 4. The summed E-state index contributed by atoms with van der Waals surface area (Å²) < 4.78 is 0. The lowest BCUT2D eigenvalue weighted by Gasteiger charge is -2.20. The molecule has 1 rings (SSSR count). The van der Waals surface area contributed by atoms with E-state index < -0.39 is 0 Å². The van der Waals surface area contributed by atoms with E-state index in [9.17, 15) is 0 Å². The van der Waals surface area contributed by atoms with Gasteiger partial charge in [-0.25, -0.2) is 0 Å². The van der Waals surface area contributed by atoms with Crippen LogP contribution in [-0.2, 0) is 0 Å². The molecule has 0 aromatic rings. The van der Waals surface area contributed by atoms with Crippen LogP contribution in [0.4, 0.5) is 0 Å². The van der Waals surface area contributed by atoms with Gasteiger partial charge in [-0.3, -0.25) is 0 Å². The number of hydrogen-bond donors (Lipinski definition) is 0. The zero-order valence-corrected chi connectivity index (χ0v) is 14.4. The molecule has 0 heterocycles. The third kappa shape index (κ3) is 7.28. The monoisotopic (exact) mass is 291 g/mol. The minimum Gasteiger partial charge on any atom is -0.303 e. The molecule has 0 radical (unpaired) electrons. The van der Waals surface area contributed by atoms with Crippen molar-refractivity contribution in [2.24, 2.45) is 5.92 Å². The zero-order chi connectivity index (χ0) is 14.6. The van der Waals surface area contributed by atoms with E-state index in [4.69, 9.17) is 0 Å². The van der Waals surface area contributed by atoms with Gasteiger partial charge in [-0.15, -0.1) is 0 Å². The average Bonchev–Trinajstić information content (AvgIpc) is 2.46. The highest BCUT2D eigenvalue weighted by Crippen LogP contribution is 2.20. The van der Waals surface area contributed by atoms with Crippen molar-refractivity contribution in [1.82, 2.24) is 4.90 Å². The van der Waals surface area contributed by atoms with Crippen LogP contribution in [0.25, 0.3) is 0 Å². The molecule has 0 spiro atoms. The Bertz CT molecular complexity index is 367. The molecule has 2 unspecified atom stereocenters. The van der Waals surface area contributed by atoms with Crippen LogP contribution in [0.1, 0.15) is 52.4 Å². The fourth-order valence-corrected chi connectivity index (χ4v) is 2.91. The normalized spacial score (nSPS) is 17.8. The van der Waals surface area contributed by atoms with E-state index in [2.05, 4.69) is 57.8 Å². The minimum atomic E-state index is 0.431. The summed E-state index contributed by atoms with van der Waals surface area (Å²) in [7, 11) is 2.48. The largest absolute Gasteiger partial charge is 0.303 e. The lowest BCUT2D eigenvalue weighted by Crippen LogP contribution is -2.26. The topological polar surface area (TPSA) is 3.24 Å². The van der Waals surface area contributed by atoms with Crippen LogP contribution < -0.4 is 0 Å². The van der Waals surface area contributed by atoms with Gasteiger partial charge in [-0.1, -0.05) is 58.5 Å². The van der Waals surface area contributed by atoms with Crippen molar-refractivity contribution in [1.29, 1.82) is 0 Å². The van der Waals surface area contributed by atoms with E-state index in [1.807, 2.05) is 0 Å². The predicted molar refractivity (Wildman–Crippen MR) is 93.7 cm³/mol. The third-order valence-corrected chi connectivity index (χ3v) is 3.88. The summed E-state index contributed by atoms with van der Waals surface area (Å²) in [5, 5.41) is 0. The van der Waals surface area contributed by atoms with Gasteiger partial charge in [0.15, 0.2) is 0 Å². The van der Waals surface area contributed by atoms with Crippen molar-refractivity contribution in [2.75, 3.05) is 19.6 Å². The summed E-state index contributed by atoms with van der Waals surface area (Å²) in [6.45, 7) is 8.32. The Labute approximate surface area is 128 Å². The third-order valence-electron chi connectivity index (χ3n) is 3.71. The van der Waals surface area contributed by atoms with Crippen LogP contribution in [0, 0.1) is 17.5 Å². The highest BCUT2D eigenvalue weighted by atomic mass is 31.0. The molecule has 0 aromatic heterocycles. The number of rotatable bonds is 9. The van der Waals surface area contributed by atoms with E-state index in [1.54, 1.807) is 0 Å². The van der Waals surface area contributed by atoms with Crippen LogP contribution in [0.5, 0.6) is 0 Å². The van der Waals surface area contributed by atoms with Crippen LogP contribution >= 0.6 is 9.24 Å². The van der Waals surface area contributed by atoms with Gasteiger partial charge in [0.25, 0.3) is 0 Å². The maximum Gasteiger partial charge on any atom is 0.0423 e. The molecule has 0 amide bonds. The molecule has 1 aliphatic carbocycles. The molecule has 1 nitrogen and oxygen atoms in total. The maximum absolute atomic E-state index is 3.19. The summed E-state index contributed by atoms with van der Waals surface area (Å²) >= 11 is 0. The van der Waals surface area contributed by atoms with Gasteiger partial charge < -0.3 is 4.90 Å². The number of unbranched alkanes of at least 4 members (excludes halogenated alkanes) is 1.